The molecule has 0 spiro atoms. The van der Waals surface area contributed by atoms with E-state index in [4.69, 9.17) is 5.73 Å². The van der Waals surface area contributed by atoms with E-state index < -0.39 is 11.7 Å². The summed E-state index contributed by atoms with van der Waals surface area (Å²) in [6.07, 6.45) is 1.46. The molecular weight excluding hydrogens is 245 g/mol. The first-order valence-electron chi connectivity index (χ1n) is 5.77. The van der Waals surface area contributed by atoms with Crippen molar-refractivity contribution in [1.82, 2.24) is 4.98 Å². The largest absolute Gasteiger partial charge is 0.397 e. The standard InChI is InChI=1S/C14H14FN3O/c1-8-3-4-11(15)10(5-8)14(19)18-13-6-9(2)12(16)7-17-13/h3-7H,16H2,1-2H3,(H,17,18,19). The van der Waals surface area contributed by atoms with Crippen LogP contribution in [-0.2, 0) is 0 Å². The zero-order valence-corrected chi connectivity index (χ0v) is 10.7. The second kappa shape index (κ2) is 5.06. The van der Waals surface area contributed by atoms with E-state index in [9.17, 15) is 9.18 Å². The van der Waals surface area contributed by atoms with E-state index in [1.807, 2.05) is 0 Å². The highest BCUT2D eigenvalue weighted by atomic mass is 19.1. The summed E-state index contributed by atoms with van der Waals surface area (Å²) < 4.78 is 13.6. The predicted octanol–water partition coefficient (Wildman–Crippen LogP) is 2.67. The Morgan fingerprint density at radius 1 is 1.32 bits per heavy atom. The van der Waals surface area contributed by atoms with Crippen LogP contribution in [0.4, 0.5) is 15.9 Å². The first-order chi connectivity index (χ1) is 8.97. The molecule has 1 aromatic carbocycles. The number of hydrogen-bond donors (Lipinski definition) is 2. The summed E-state index contributed by atoms with van der Waals surface area (Å²) in [4.78, 5) is 15.9. The fourth-order valence-electron chi connectivity index (χ4n) is 1.63. The van der Waals surface area contributed by atoms with Crippen molar-refractivity contribution >= 4 is 17.4 Å². The highest BCUT2D eigenvalue weighted by molar-refractivity contribution is 6.04. The Bertz CT molecular complexity index is 641. The average molecular weight is 259 g/mol. The number of nitrogens with two attached hydrogens (primary N) is 1. The molecule has 1 heterocycles. The van der Waals surface area contributed by atoms with Crippen LogP contribution in [0.1, 0.15) is 21.5 Å². The number of rotatable bonds is 2. The number of aryl methyl sites for hydroxylation is 2. The van der Waals surface area contributed by atoms with Crippen molar-refractivity contribution in [2.24, 2.45) is 0 Å². The molecule has 0 unspecified atom stereocenters. The highest BCUT2D eigenvalue weighted by Crippen LogP contribution is 2.16. The monoisotopic (exact) mass is 259 g/mol. The topological polar surface area (TPSA) is 68.0 Å². The Kier molecular flexibility index (Phi) is 3.46. The Morgan fingerprint density at radius 3 is 2.74 bits per heavy atom. The number of carbonyl (C=O) groups excluding carboxylic acids is 1. The van der Waals surface area contributed by atoms with Crippen LogP contribution < -0.4 is 11.1 Å². The molecule has 0 bridgehead atoms. The summed E-state index contributed by atoms with van der Waals surface area (Å²) in [7, 11) is 0. The maximum atomic E-state index is 13.6. The molecule has 2 aromatic rings. The molecule has 0 saturated heterocycles. The fraction of sp³-hybridized carbons (Fsp3) is 0.143. The number of hydrogen-bond acceptors (Lipinski definition) is 3. The van der Waals surface area contributed by atoms with Gasteiger partial charge in [-0.05, 0) is 37.6 Å². The number of nitrogen functional groups attached to an aromatic ring is 1. The van der Waals surface area contributed by atoms with E-state index in [1.165, 1.54) is 18.3 Å². The molecule has 0 radical (unpaired) electrons. The minimum absolute atomic E-state index is 0.00345. The van der Waals surface area contributed by atoms with Crippen LogP contribution >= 0.6 is 0 Å². The van der Waals surface area contributed by atoms with Crippen molar-refractivity contribution in [3.63, 3.8) is 0 Å². The Labute approximate surface area is 110 Å². The SMILES string of the molecule is Cc1ccc(F)c(C(=O)Nc2cc(C)c(N)cn2)c1. The molecule has 19 heavy (non-hydrogen) atoms. The van der Waals surface area contributed by atoms with Gasteiger partial charge in [0.25, 0.3) is 5.91 Å². The van der Waals surface area contributed by atoms with Crippen molar-refractivity contribution in [1.29, 1.82) is 0 Å². The van der Waals surface area contributed by atoms with Crippen molar-refractivity contribution in [3.8, 4) is 0 Å². The predicted molar refractivity (Wildman–Crippen MR) is 72.5 cm³/mol. The van der Waals surface area contributed by atoms with E-state index in [-0.39, 0.29) is 5.56 Å². The number of pyridine rings is 1. The molecule has 5 heteroatoms. The second-order valence-electron chi connectivity index (χ2n) is 4.36. The van der Waals surface area contributed by atoms with Gasteiger partial charge >= 0.3 is 0 Å². The van der Waals surface area contributed by atoms with Gasteiger partial charge in [-0.15, -0.1) is 0 Å². The number of anilines is 2. The molecule has 1 amide bonds. The van der Waals surface area contributed by atoms with Crippen LogP contribution in [0.2, 0.25) is 0 Å². The third-order valence-corrected chi connectivity index (χ3v) is 2.76. The molecule has 98 valence electrons. The normalized spacial score (nSPS) is 10.3. The summed E-state index contributed by atoms with van der Waals surface area (Å²) in [6, 6.07) is 6.01. The molecule has 0 aliphatic rings. The van der Waals surface area contributed by atoms with E-state index in [0.717, 1.165) is 11.1 Å². The van der Waals surface area contributed by atoms with E-state index in [1.54, 1.807) is 26.0 Å². The molecule has 3 N–H and O–H groups in total. The number of benzene rings is 1. The molecule has 4 nitrogen and oxygen atoms in total. The lowest BCUT2D eigenvalue weighted by Crippen LogP contribution is -2.15. The first kappa shape index (κ1) is 13.0. The van der Waals surface area contributed by atoms with Gasteiger partial charge in [-0.1, -0.05) is 11.6 Å². The molecule has 1 aromatic heterocycles. The quantitative estimate of drug-likeness (QED) is 0.871. The third kappa shape index (κ3) is 2.88. The molecule has 0 aliphatic carbocycles. The molecule has 2 rings (SSSR count). The Balaban J connectivity index is 2.25. The number of carbonyl (C=O) groups is 1. The van der Waals surface area contributed by atoms with Crippen LogP contribution in [0.3, 0.4) is 0 Å². The lowest BCUT2D eigenvalue weighted by Gasteiger charge is -2.07. The van der Waals surface area contributed by atoms with Gasteiger partial charge in [0.05, 0.1) is 17.4 Å². The van der Waals surface area contributed by atoms with Crippen molar-refractivity contribution in [3.05, 3.63) is 53.0 Å². The molecule has 0 aliphatic heterocycles. The average Bonchev–Trinajstić information content (AvgIpc) is 2.36. The van der Waals surface area contributed by atoms with Gasteiger partial charge in [-0.25, -0.2) is 9.37 Å². The molecule has 0 atom stereocenters. The van der Waals surface area contributed by atoms with E-state index in [0.29, 0.717) is 11.5 Å². The summed E-state index contributed by atoms with van der Waals surface area (Å²) in [5, 5.41) is 2.55. The zero-order valence-electron chi connectivity index (χ0n) is 10.7. The smallest absolute Gasteiger partial charge is 0.259 e. The number of aromatic nitrogens is 1. The van der Waals surface area contributed by atoms with Crippen LogP contribution in [0.15, 0.2) is 30.5 Å². The van der Waals surface area contributed by atoms with Crippen LogP contribution in [0.5, 0.6) is 0 Å². The second-order valence-corrected chi connectivity index (χ2v) is 4.36. The first-order valence-corrected chi connectivity index (χ1v) is 5.77. The zero-order chi connectivity index (χ0) is 14.0. The number of nitrogens with one attached hydrogen (secondary N) is 1. The lowest BCUT2D eigenvalue weighted by molar-refractivity contribution is 0.102. The molecule has 0 saturated carbocycles. The molecule has 0 fully saturated rings. The van der Waals surface area contributed by atoms with Gasteiger partial charge < -0.3 is 11.1 Å². The maximum Gasteiger partial charge on any atom is 0.259 e. The molecular formula is C14H14FN3O. The van der Waals surface area contributed by atoms with Gasteiger partial charge in [-0.3, -0.25) is 4.79 Å². The minimum atomic E-state index is -0.560. The third-order valence-electron chi connectivity index (χ3n) is 2.76. The van der Waals surface area contributed by atoms with E-state index in [2.05, 4.69) is 10.3 Å². The van der Waals surface area contributed by atoms with Gasteiger partial charge in [0, 0.05) is 0 Å². The van der Waals surface area contributed by atoms with Crippen molar-refractivity contribution in [2.75, 3.05) is 11.1 Å². The summed E-state index contributed by atoms with van der Waals surface area (Å²) in [5.74, 6) is -0.745. The summed E-state index contributed by atoms with van der Waals surface area (Å²) in [6.45, 7) is 3.60. The maximum absolute atomic E-state index is 13.6. The van der Waals surface area contributed by atoms with Crippen LogP contribution in [0.25, 0.3) is 0 Å². The number of amides is 1. The fourth-order valence-corrected chi connectivity index (χ4v) is 1.63. The van der Waals surface area contributed by atoms with Gasteiger partial charge in [0.15, 0.2) is 0 Å². The van der Waals surface area contributed by atoms with Crippen LogP contribution in [-0.4, -0.2) is 10.9 Å². The number of halogens is 1. The summed E-state index contributed by atoms with van der Waals surface area (Å²) in [5.41, 5.74) is 7.79. The minimum Gasteiger partial charge on any atom is -0.397 e. The van der Waals surface area contributed by atoms with Crippen molar-refractivity contribution in [2.45, 2.75) is 13.8 Å². The van der Waals surface area contributed by atoms with Gasteiger partial charge in [0.2, 0.25) is 0 Å². The Morgan fingerprint density at radius 2 is 2.05 bits per heavy atom. The Hall–Kier alpha value is -2.43. The highest BCUT2D eigenvalue weighted by Gasteiger charge is 2.12. The van der Waals surface area contributed by atoms with Crippen molar-refractivity contribution < 1.29 is 9.18 Å². The lowest BCUT2D eigenvalue weighted by atomic mass is 10.1. The van der Waals surface area contributed by atoms with Crippen LogP contribution in [0, 0.1) is 19.7 Å². The number of nitrogens with zero attached hydrogens (tertiary/aromatic N) is 1. The van der Waals surface area contributed by atoms with Gasteiger partial charge in [0.1, 0.15) is 11.6 Å². The summed E-state index contributed by atoms with van der Waals surface area (Å²) >= 11 is 0. The van der Waals surface area contributed by atoms with E-state index >= 15 is 0 Å². The van der Waals surface area contributed by atoms with Gasteiger partial charge in [-0.2, -0.15) is 0 Å².